The van der Waals surface area contributed by atoms with Crippen molar-refractivity contribution >= 4 is 17.5 Å². The van der Waals surface area contributed by atoms with E-state index in [0.717, 1.165) is 6.54 Å². The van der Waals surface area contributed by atoms with E-state index >= 15 is 0 Å². The zero-order chi connectivity index (χ0) is 14.9. The van der Waals surface area contributed by atoms with Crippen molar-refractivity contribution < 1.29 is 0 Å². The topological polar surface area (TPSA) is 71.8 Å². The third-order valence-electron chi connectivity index (χ3n) is 4.11. The Balaban J connectivity index is 1.77. The van der Waals surface area contributed by atoms with Crippen LogP contribution in [-0.2, 0) is 0 Å². The summed E-state index contributed by atoms with van der Waals surface area (Å²) in [6.07, 6.45) is 7.05. The second-order valence-electron chi connectivity index (χ2n) is 5.50. The van der Waals surface area contributed by atoms with E-state index in [1.165, 1.54) is 19.3 Å². The van der Waals surface area contributed by atoms with Crippen molar-refractivity contribution in [1.82, 2.24) is 29.6 Å². The Morgan fingerprint density at radius 3 is 2.71 bits per heavy atom. The summed E-state index contributed by atoms with van der Waals surface area (Å²) in [5.41, 5.74) is 0.185. The zero-order valence-corrected chi connectivity index (χ0v) is 12.9. The standard InChI is InChI=1S/C13H18ClN7/c1-20(2)13(5-3-6-13)9-15-11-17-10(14)18-12(19-11)21-8-4-7-16-21/h4,7-8H,3,5-6,9H2,1-2H3,(H,15,17,18,19). The number of nitrogens with one attached hydrogen (secondary N) is 1. The van der Waals surface area contributed by atoms with Gasteiger partial charge in [-0.2, -0.15) is 20.1 Å². The van der Waals surface area contributed by atoms with Gasteiger partial charge >= 0.3 is 0 Å². The summed E-state index contributed by atoms with van der Waals surface area (Å²) in [7, 11) is 4.22. The highest BCUT2D eigenvalue weighted by atomic mass is 35.5. The number of halogens is 1. The van der Waals surface area contributed by atoms with Gasteiger partial charge in [0.2, 0.25) is 11.2 Å². The van der Waals surface area contributed by atoms with Crippen LogP contribution in [0.2, 0.25) is 5.28 Å². The van der Waals surface area contributed by atoms with E-state index < -0.39 is 0 Å². The number of nitrogens with zero attached hydrogens (tertiary/aromatic N) is 6. The van der Waals surface area contributed by atoms with Gasteiger partial charge in [-0.3, -0.25) is 0 Å². The lowest BCUT2D eigenvalue weighted by Crippen LogP contribution is -2.54. The lowest BCUT2D eigenvalue weighted by Gasteiger charge is -2.47. The highest BCUT2D eigenvalue weighted by Gasteiger charge is 2.38. The van der Waals surface area contributed by atoms with Gasteiger partial charge in [0.05, 0.1) is 0 Å². The van der Waals surface area contributed by atoms with Crippen LogP contribution in [0.1, 0.15) is 19.3 Å². The van der Waals surface area contributed by atoms with Crippen LogP contribution in [0.5, 0.6) is 0 Å². The number of hydrogen-bond acceptors (Lipinski definition) is 6. The number of anilines is 1. The molecule has 112 valence electrons. The molecule has 0 aromatic carbocycles. The average molecular weight is 308 g/mol. The highest BCUT2D eigenvalue weighted by Crippen LogP contribution is 2.36. The minimum Gasteiger partial charge on any atom is -0.352 e. The molecule has 1 N–H and O–H groups in total. The average Bonchev–Trinajstić information content (AvgIpc) is 2.90. The van der Waals surface area contributed by atoms with Gasteiger partial charge in [0.1, 0.15) is 0 Å². The summed E-state index contributed by atoms with van der Waals surface area (Å²) in [5, 5.41) is 7.54. The molecule has 0 amide bonds. The zero-order valence-electron chi connectivity index (χ0n) is 12.1. The van der Waals surface area contributed by atoms with Crippen molar-refractivity contribution in [2.75, 3.05) is 26.0 Å². The van der Waals surface area contributed by atoms with E-state index in [1.807, 2.05) is 0 Å². The van der Waals surface area contributed by atoms with E-state index in [4.69, 9.17) is 11.6 Å². The van der Waals surface area contributed by atoms with Gasteiger partial charge in [-0.05, 0) is 51.0 Å². The maximum Gasteiger partial charge on any atom is 0.256 e. The maximum absolute atomic E-state index is 5.97. The van der Waals surface area contributed by atoms with Gasteiger partial charge in [0.25, 0.3) is 5.95 Å². The minimum atomic E-state index is 0.158. The lowest BCUT2D eigenvalue weighted by atomic mass is 9.75. The number of likely N-dealkylation sites (N-methyl/N-ethyl adjacent to an activating group) is 1. The van der Waals surface area contributed by atoms with Crippen molar-refractivity contribution in [3.63, 3.8) is 0 Å². The third-order valence-corrected chi connectivity index (χ3v) is 4.28. The molecule has 1 saturated carbocycles. The first-order valence-corrected chi connectivity index (χ1v) is 7.30. The van der Waals surface area contributed by atoms with Crippen molar-refractivity contribution in [3.8, 4) is 5.95 Å². The maximum atomic E-state index is 5.97. The van der Waals surface area contributed by atoms with Crippen LogP contribution in [0.15, 0.2) is 18.5 Å². The van der Waals surface area contributed by atoms with Gasteiger partial charge in [0.15, 0.2) is 0 Å². The molecule has 21 heavy (non-hydrogen) atoms. The Labute approximate surface area is 128 Å². The van der Waals surface area contributed by atoms with Gasteiger partial charge in [-0.1, -0.05) is 0 Å². The van der Waals surface area contributed by atoms with Crippen LogP contribution >= 0.6 is 11.6 Å². The highest BCUT2D eigenvalue weighted by molar-refractivity contribution is 6.28. The van der Waals surface area contributed by atoms with Crippen LogP contribution in [0.25, 0.3) is 5.95 Å². The molecular formula is C13H18ClN7. The molecule has 2 aromatic rings. The minimum absolute atomic E-state index is 0.158. The summed E-state index contributed by atoms with van der Waals surface area (Å²) in [6.45, 7) is 0.791. The molecule has 3 rings (SSSR count). The fraction of sp³-hybridized carbons (Fsp3) is 0.538. The predicted molar refractivity (Wildman–Crippen MR) is 80.7 cm³/mol. The van der Waals surface area contributed by atoms with E-state index in [1.54, 1.807) is 23.1 Å². The summed E-state index contributed by atoms with van der Waals surface area (Å²) >= 11 is 5.97. The summed E-state index contributed by atoms with van der Waals surface area (Å²) in [5.74, 6) is 0.892. The second-order valence-corrected chi connectivity index (χ2v) is 5.84. The fourth-order valence-corrected chi connectivity index (χ4v) is 2.67. The number of aromatic nitrogens is 5. The molecule has 1 aliphatic carbocycles. The lowest BCUT2D eigenvalue weighted by molar-refractivity contribution is 0.0737. The van der Waals surface area contributed by atoms with Crippen molar-refractivity contribution in [2.24, 2.45) is 0 Å². The summed E-state index contributed by atoms with van der Waals surface area (Å²) in [4.78, 5) is 14.8. The molecule has 1 aliphatic rings. The van der Waals surface area contributed by atoms with Crippen molar-refractivity contribution in [2.45, 2.75) is 24.8 Å². The SMILES string of the molecule is CN(C)C1(CNc2nc(Cl)nc(-n3cccn3)n2)CCC1. The van der Waals surface area contributed by atoms with Crippen LogP contribution < -0.4 is 5.32 Å². The number of rotatable bonds is 5. The molecule has 7 nitrogen and oxygen atoms in total. The second kappa shape index (κ2) is 5.57. The van der Waals surface area contributed by atoms with Gasteiger partial charge in [-0.15, -0.1) is 0 Å². The molecule has 0 unspecified atom stereocenters. The molecule has 2 aromatic heterocycles. The van der Waals surface area contributed by atoms with Crippen LogP contribution in [0.4, 0.5) is 5.95 Å². The first-order chi connectivity index (χ1) is 10.1. The number of hydrogen-bond donors (Lipinski definition) is 1. The molecule has 2 heterocycles. The fourth-order valence-electron chi connectivity index (χ4n) is 2.52. The van der Waals surface area contributed by atoms with Crippen LogP contribution in [0.3, 0.4) is 0 Å². The Morgan fingerprint density at radius 1 is 1.33 bits per heavy atom. The monoisotopic (exact) mass is 307 g/mol. The van der Waals surface area contributed by atoms with E-state index in [2.05, 4.69) is 44.4 Å². The molecule has 0 spiro atoms. The molecular weight excluding hydrogens is 290 g/mol. The van der Waals surface area contributed by atoms with Gasteiger partial charge in [-0.25, -0.2) is 4.68 Å². The first kappa shape index (κ1) is 14.2. The molecule has 0 saturated heterocycles. The van der Waals surface area contributed by atoms with Crippen molar-refractivity contribution in [3.05, 3.63) is 23.7 Å². The molecule has 0 radical (unpaired) electrons. The largest absolute Gasteiger partial charge is 0.352 e. The molecule has 8 heteroatoms. The van der Waals surface area contributed by atoms with Crippen LogP contribution in [0, 0.1) is 0 Å². The predicted octanol–water partition coefficient (Wildman–Crippen LogP) is 1.61. The quantitative estimate of drug-likeness (QED) is 0.905. The van der Waals surface area contributed by atoms with Crippen LogP contribution in [-0.4, -0.2) is 55.8 Å². The van der Waals surface area contributed by atoms with E-state index in [0.29, 0.717) is 11.9 Å². The Kier molecular flexibility index (Phi) is 3.77. The van der Waals surface area contributed by atoms with Gasteiger partial charge < -0.3 is 10.2 Å². The first-order valence-electron chi connectivity index (χ1n) is 6.92. The normalized spacial score (nSPS) is 16.8. The smallest absolute Gasteiger partial charge is 0.256 e. The summed E-state index contributed by atoms with van der Waals surface area (Å²) in [6, 6.07) is 1.81. The Bertz CT molecular complexity index is 607. The van der Waals surface area contributed by atoms with E-state index in [-0.39, 0.29) is 10.8 Å². The van der Waals surface area contributed by atoms with Crippen molar-refractivity contribution in [1.29, 1.82) is 0 Å². The Hall–Kier alpha value is -1.73. The molecule has 0 atom stereocenters. The van der Waals surface area contributed by atoms with E-state index in [9.17, 15) is 0 Å². The third kappa shape index (κ3) is 2.84. The molecule has 0 bridgehead atoms. The van der Waals surface area contributed by atoms with Gasteiger partial charge in [0, 0.05) is 24.5 Å². The molecule has 0 aliphatic heterocycles. The Morgan fingerprint density at radius 2 is 2.14 bits per heavy atom. The molecule has 1 fully saturated rings. The summed E-state index contributed by atoms with van der Waals surface area (Å²) < 4.78 is 1.56.